The van der Waals surface area contributed by atoms with Crippen LogP contribution >= 0.6 is 0 Å². The summed E-state index contributed by atoms with van der Waals surface area (Å²) in [6.07, 6.45) is 1.60. The first-order chi connectivity index (χ1) is 12.7. The number of benzene rings is 2. The highest BCUT2D eigenvalue weighted by atomic mass is 19.1. The number of rotatable bonds is 5. The number of hydrogen-bond acceptors (Lipinski definition) is 5. The molecule has 2 aromatic carbocycles. The van der Waals surface area contributed by atoms with Gasteiger partial charge in [0, 0.05) is 11.6 Å². The van der Waals surface area contributed by atoms with Crippen LogP contribution in [0, 0.1) is 5.82 Å². The van der Waals surface area contributed by atoms with E-state index in [1.54, 1.807) is 0 Å². The highest BCUT2D eigenvalue weighted by Crippen LogP contribution is 2.32. The van der Waals surface area contributed by atoms with Crippen LogP contribution in [0.2, 0.25) is 0 Å². The van der Waals surface area contributed by atoms with Crippen LogP contribution in [-0.4, -0.2) is 33.6 Å². The fourth-order valence-electron chi connectivity index (χ4n) is 2.26. The first-order valence-corrected chi connectivity index (χ1v) is 7.95. The molecule has 6 nitrogen and oxygen atoms in total. The van der Waals surface area contributed by atoms with E-state index in [2.05, 4.69) is 34.9 Å². The van der Waals surface area contributed by atoms with Crippen molar-refractivity contribution >= 4 is 18.9 Å². The number of likely N-dealkylation sites (N-methyl/N-ethyl adjacent to an activating group) is 1. The zero-order valence-corrected chi connectivity index (χ0v) is 14.7. The minimum Gasteiger partial charge on any atom is -0.465 e. The van der Waals surface area contributed by atoms with Crippen molar-refractivity contribution in [3.05, 3.63) is 59.4 Å². The first-order valence-electron chi connectivity index (χ1n) is 7.95. The van der Waals surface area contributed by atoms with E-state index in [4.69, 9.17) is 14.3 Å². The number of halogens is 1. The maximum absolute atomic E-state index is 13.0. The molecule has 0 spiro atoms. The Balaban J connectivity index is 0.000000249. The molecule has 2 aromatic rings. The minimum atomic E-state index is -0.429. The fraction of sp³-hybridized carbons (Fsp3) is 0.263. The van der Waals surface area contributed by atoms with Crippen molar-refractivity contribution in [3.63, 3.8) is 0 Å². The SMILES string of the molecule is C=O.CNCCc1ccccc1.O=CNc1cc(F)cc2c1OCOC2. The van der Waals surface area contributed by atoms with Crippen LogP contribution in [0.15, 0.2) is 42.5 Å². The van der Waals surface area contributed by atoms with E-state index in [0.29, 0.717) is 30.0 Å². The molecule has 26 heavy (non-hydrogen) atoms. The van der Waals surface area contributed by atoms with Crippen molar-refractivity contribution in [2.45, 2.75) is 13.0 Å². The van der Waals surface area contributed by atoms with E-state index in [1.165, 1.54) is 17.7 Å². The van der Waals surface area contributed by atoms with Crippen molar-refractivity contribution in [2.75, 3.05) is 25.7 Å². The Hall–Kier alpha value is -2.77. The first kappa shape index (κ1) is 21.3. The lowest BCUT2D eigenvalue weighted by Gasteiger charge is -2.20. The average molecular weight is 362 g/mol. The van der Waals surface area contributed by atoms with Crippen LogP contribution in [0.4, 0.5) is 10.1 Å². The second kappa shape index (κ2) is 12.6. The molecule has 7 heteroatoms. The van der Waals surface area contributed by atoms with Gasteiger partial charge in [0.2, 0.25) is 6.41 Å². The van der Waals surface area contributed by atoms with Gasteiger partial charge in [-0.3, -0.25) is 4.79 Å². The number of ether oxygens (including phenoxy) is 2. The number of anilines is 1. The minimum absolute atomic E-state index is 0.117. The van der Waals surface area contributed by atoms with Gasteiger partial charge in [-0.2, -0.15) is 0 Å². The third-order valence-electron chi connectivity index (χ3n) is 3.40. The Kier molecular flexibility index (Phi) is 10.3. The molecule has 0 bridgehead atoms. The molecule has 0 atom stereocenters. The second-order valence-electron chi connectivity index (χ2n) is 5.15. The zero-order chi connectivity index (χ0) is 19.2. The van der Waals surface area contributed by atoms with Crippen LogP contribution in [0.25, 0.3) is 0 Å². The Morgan fingerprint density at radius 2 is 1.96 bits per heavy atom. The highest BCUT2D eigenvalue weighted by Gasteiger charge is 2.16. The predicted octanol–water partition coefficient (Wildman–Crippen LogP) is 2.52. The monoisotopic (exact) mass is 362 g/mol. The molecule has 0 aromatic heterocycles. The summed E-state index contributed by atoms with van der Waals surface area (Å²) in [5.74, 6) is 0.0481. The summed E-state index contributed by atoms with van der Waals surface area (Å²) in [6, 6.07) is 13.0. The molecule has 3 rings (SSSR count). The number of fused-ring (bicyclic) bond motifs is 1. The molecule has 0 saturated carbocycles. The van der Waals surface area contributed by atoms with Crippen LogP contribution in [0.1, 0.15) is 11.1 Å². The Bertz CT molecular complexity index is 668. The lowest BCUT2D eigenvalue weighted by molar-refractivity contribution is -0.105. The smallest absolute Gasteiger partial charge is 0.211 e. The normalized spacial score (nSPS) is 11.5. The Morgan fingerprint density at radius 3 is 2.62 bits per heavy atom. The summed E-state index contributed by atoms with van der Waals surface area (Å²) >= 11 is 0. The van der Waals surface area contributed by atoms with Gasteiger partial charge >= 0.3 is 0 Å². The third kappa shape index (κ3) is 7.00. The van der Waals surface area contributed by atoms with Crippen molar-refractivity contribution in [1.82, 2.24) is 5.32 Å². The van der Waals surface area contributed by atoms with Crippen molar-refractivity contribution < 1.29 is 23.5 Å². The largest absolute Gasteiger partial charge is 0.465 e. The summed E-state index contributed by atoms with van der Waals surface area (Å²) in [4.78, 5) is 18.3. The van der Waals surface area contributed by atoms with Gasteiger partial charge < -0.3 is 24.9 Å². The molecule has 2 N–H and O–H groups in total. The van der Waals surface area contributed by atoms with Crippen LogP contribution in [0.3, 0.4) is 0 Å². The predicted molar refractivity (Wildman–Crippen MR) is 97.6 cm³/mol. The lowest BCUT2D eigenvalue weighted by Crippen LogP contribution is -2.13. The molecule has 0 radical (unpaired) electrons. The number of hydrogen-bond donors (Lipinski definition) is 2. The summed E-state index contributed by atoms with van der Waals surface area (Å²) in [5.41, 5.74) is 2.33. The van der Waals surface area contributed by atoms with Gasteiger partial charge in [0.15, 0.2) is 12.5 Å². The second-order valence-corrected chi connectivity index (χ2v) is 5.15. The van der Waals surface area contributed by atoms with E-state index < -0.39 is 5.82 Å². The van der Waals surface area contributed by atoms with Crippen LogP contribution in [0.5, 0.6) is 5.75 Å². The van der Waals surface area contributed by atoms with E-state index in [1.807, 2.05) is 19.9 Å². The van der Waals surface area contributed by atoms with Gasteiger partial charge in [-0.05, 0) is 31.6 Å². The number of carbonyl (C=O) groups is 2. The topological polar surface area (TPSA) is 76.7 Å². The lowest BCUT2D eigenvalue weighted by atomic mass is 10.1. The van der Waals surface area contributed by atoms with Gasteiger partial charge in [-0.1, -0.05) is 30.3 Å². The van der Waals surface area contributed by atoms with E-state index in [0.717, 1.165) is 13.0 Å². The highest BCUT2D eigenvalue weighted by molar-refractivity contribution is 5.76. The molecule has 0 fully saturated rings. The van der Waals surface area contributed by atoms with Gasteiger partial charge in [0.05, 0.1) is 12.3 Å². The quantitative estimate of drug-likeness (QED) is 0.800. The number of nitrogens with one attached hydrogen (secondary N) is 2. The Labute approximate surface area is 152 Å². The molecular weight excluding hydrogens is 339 g/mol. The van der Waals surface area contributed by atoms with E-state index in [-0.39, 0.29) is 6.79 Å². The molecule has 1 aliphatic rings. The molecule has 0 unspecified atom stereocenters. The maximum atomic E-state index is 13.0. The molecule has 0 aliphatic carbocycles. The summed E-state index contributed by atoms with van der Waals surface area (Å²) in [6.45, 7) is 3.47. The maximum Gasteiger partial charge on any atom is 0.211 e. The van der Waals surface area contributed by atoms with Crippen LogP contribution < -0.4 is 15.4 Å². The molecule has 1 amide bonds. The molecule has 0 saturated heterocycles. The molecule has 1 aliphatic heterocycles. The van der Waals surface area contributed by atoms with Gasteiger partial charge in [-0.15, -0.1) is 0 Å². The van der Waals surface area contributed by atoms with Crippen LogP contribution in [-0.2, 0) is 27.4 Å². The molecule has 1 heterocycles. The third-order valence-corrected chi connectivity index (χ3v) is 3.40. The van der Waals surface area contributed by atoms with E-state index >= 15 is 0 Å². The number of carbonyl (C=O) groups excluding carboxylic acids is 2. The van der Waals surface area contributed by atoms with Crippen molar-refractivity contribution in [1.29, 1.82) is 0 Å². The Morgan fingerprint density at radius 1 is 1.23 bits per heavy atom. The standard InChI is InChI=1S/C9H8FNO3.C9H13N.CH2O/c10-7-1-6-3-13-5-14-9(6)8(2-7)11-4-12;1-10-8-7-9-5-3-2-4-6-9;1-2/h1-2,4H,3,5H2,(H,11,12);2-6,10H,7-8H2,1H3;1H2. The van der Waals surface area contributed by atoms with Crippen molar-refractivity contribution in [3.8, 4) is 5.75 Å². The van der Waals surface area contributed by atoms with Crippen molar-refractivity contribution in [2.24, 2.45) is 0 Å². The molecule has 140 valence electrons. The molecular formula is C19H23FN2O4. The average Bonchev–Trinajstić information content (AvgIpc) is 2.69. The summed E-state index contributed by atoms with van der Waals surface area (Å²) < 4.78 is 23.1. The van der Waals surface area contributed by atoms with Gasteiger partial charge in [0.25, 0.3) is 0 Å². The van der Waals surface area contributed by atoms with Gasteiger partial charge in [0.1, 0.15) is 12.6 Å². The fourth-order valence-corrected chi connectivity index (χ4v) is 2.26. The summed E-state index contributed by atoms with van der Waals surface area (Å²) in [7, 11) is 1.98. The number of amides is 1. The summed E-state index contributed by atoms with van der Waals surface area (Å²) in [5, 5.41) is 5.49. The zero-order valence-electron chi connectivity index (χ0n) is 14.7. The van der Waals surface area contributed by atoms with E-state index in [9.17, 15) is 9.18 Å². The van der Waals surface area contributed by atoms with Gasteiger partial charge in [-0.25, -0.2) is 4.39 Å².